The molecule has 10 heteroatoms. The van der Waals surface area contributed by atoms with Gasteiger partial charge in [0.1, 0.15) is 5.75 Å². The molecule has 1 fully saturated rings. The Morgan fingerprint density at radius 2 is 1.97 bits per heavy atom. The van der Waals surface area contributed by atoms with Gasteiger partial charge in [0, 0.05) is 11.4 Å². The lowest BCUT2D eigenvalue weighted by molar-refractivity contribution is -0.114. The standard InChI is InChI=1S/C20H14ClFN4O2S2/c1-11-6-7-12(2)25(11)26-18(27)16(30-20(26)29)9-13-4-3-5-14(8-13)28-17-15(22)10-23-19(21)24-17/h3-10H,1-2H3/b16-9+. The maximum absolute atomic E-state index is 13.8. The Morgan fingerprint density at radius 1 is 1.23 bits per heavy atom. The fourth-order valence-corrected chi connectivity index (χ4v) is 4.31. The van der Waals surface area contributed by atoms with Gasteiger partial charge >= 0.3 is 0 Å². The number of ether oxygens (including phenoxy) is 1. The third kappa shape index (κ3) is 3.96. The Morgan fingerprint density at radius 3 is 2.70 bits per heavy atom. The maximum atomic E-state index is 13.8. The van der Waals surface area contributed by atoms with Gasteiger partial charge in [-0.15, -0.1) is 0 Å². The summed E-state index contributed by atoms with van der Waals surface area (Å²) in [7, 11) is 0. The highest BCUT2D eigenvalue weighted by Crippen LogP contribution is 2.33. The first-order valence-corrected chi connectivity index (χ1v) is 10.3. The van der Waals surface area contributed by atoms with Crippen molar-refractivity contribution in [3.8, 4) is 11.6 Å². The molecule has 152 valence electrons. The molecule has 4 rings (SSSR count). The van der Waals surface area contributed by atoms with Gasteiger partial charge in [-0.1, -0.05) is 23.9 Å². The summed E-state index contributed by atoms with van der Waals surface area (Å²) in [6.07, 6.45) is 2.65. The second kappa shape index (κ2) is 8.17. The van der Waals surface area contributed by atoms with Crippen LogP contribution in [0, 0.1) is 19.7 Å². The fourth-order valence-electron chi connectivity index (χ4n) is 2.94. The average molecular weight is 461 g/mol. The molecule has 0 radical (unpaired) electrons. The van der Waals surface area contributed by atoms with Crippen LogP contribution in [0.3, 0.4) is 0 Å². The zero-order valence-electron chi connectivity index (χ0n) is 15.8. The Hall–Kier alpha value is -2.75. The molecule has 0 aliphatic carbocycles. The molecule has 3 heterocycles. The van der Waals surface area contributed by atoms with Crippen molar-refractivity contribution in [2.24, 2.45) is 0 Å². The van der Waals surface area contributed by atoms with E-state index in [-0.39, 0.29) is 17.1 Å². The number of carbonyl (C=O) groups excluding carboxylic acids is 1. The van der Waals surface area contributed by atoms with Crippen LogP contribution in [0.2, 0.25) is 5.28 Å². The molecule has 2 aromatic heterocycles. The van der Waals surface area contributed by atoms with E-state index in [0.717, 1.165) is 17.6 Å². The zero-order valence-corrected chi connectivity index (χ0v) is 18.2. The van der Waals surface area contributed by atoms with Gasteiger partial charge in [-0.3, -0.25) is 9.47 Å². The number of halogens is 2. The van der Waals surface area contributed by atoms with E-state index in [1.807, 2.05) is 26.0 Å². The van der Waals surface area contributed by atoms with Crippen molar-refractivity contribution in [3.63, 3.8) is 0 Å². The molecular weight excluding hydrogens is 447 g/mol. The molecule has 1 aromatic carbocycles. The normalized spacial score (nSPS) is 15.3. The molecule has 0 N–H and O–H groups in total. The first-order valence-electron chi connectivity index (χ1n) is 8.72. The van der Waals surface area contributed by atoms with Gasteiger partial charge in [-0.05, 0) is 73.6 Å². The Balaban J connectivity index is 1.61. The summed E-state index contributed by atoms with van der Waals surface area (Å²) >= 11 is 12.3. The topological polar surface area (TPSA) is 60.2 Å². The predicted molar refractivity (Wildman–Crippen MR) is 119 cm³/mol. The summed E-state index contributed by atoms with van der Waals surface area (Å²) < 4.78 is 21.5. The Labute approximate surface area is 186 Å². The van der Waals surface area contributed by atoms with Crippen molar-refractivity contribution in [1.29, 1.82) is 0 Å². The molecule has 0 unspecified atom stereocenters. The van der Waals surface area contributed by atoms with Gasteiger partial charge in [0.25, 0.3) is 11.8 Å². The van der Waals surface area contributed by atoms with E-state index in [9.17, 15) is 9.18 Å². The minimum Gasteiger partial charge on any atom is -0.436 e. The highest BCUT2D eigenvalue weighted by atomic mass is 35.5. The minimum atomic E-state index is -0.733. The van der Waals surface area contributed by atoms with Crippen molar-refractivity contribution in [1.82, 2.24) is 14.6 Å². The molecule has 0 saturated carbocycles. The van der Waals surface area contributed by atoms with Gasteiger partial charge in [-0.25, -0.2) is 4.98 Å². The van der Waals surface area contributed by atoms with Crippen molar-refractivity contribution < 1.29 is 13.9 Å². The van der Waals surface area contributed by atoms with E-state index in [2.05, 4.69) is 9.97 Å². The summed E-state index contributed by atoms with van der Waals surface area (Å²) in [5.74, 6) is -0.891. The number of aromatic nitrogens is 3. The van der Waals surface area contributed by atoms with Gasteiger partial charge in [0.05, 0.1) is 11.1 Å². The molecule has 6 nitrogen and oxygen atoms in total. The molecule has 3 aromatic rings. The molecule has 1 aliphatic rings. The number of carbonyl (C=O) groups is 1. The zero-order chi connectivity index (χ0) is 21.4. The van der Waals surface area contributed by atoms with Crippen LogP contribution >= 0.6 is 35.6 Å². The van der Waals surface area contributed by atoms with Gasteiger partial charge in [0.15, 0.2) is 4.32 Å². The molecule has 30 heavy (non-hydrogen) atoms. The van der Waals surface area contributed by atoms with Crippen LogP contribution in [0.15, 0.2) is 47.5 Å². The number of benzene rings is 1. The maximum Gasteiger partial charge on any atom is 0.285 e. The first-order chi connectivity index (χ1) is 14.3. The number of thiocarbonyl (C=S) groups is 1. The minimum absolute atomic E-state index is 0.123. The molecule has 0 atom stereocenters. The van der Waals surface area contributed by atoms with Gasteiger partial charge < -0.3 is 4.74 Å². The lowest BCUT2D eigenvalue weighted by Crippen LogP contribution is -2.39. The average Bonchev–Trinajstić information content (AvgIpc) is 3.16. The fraction of sp³-hybridized carbons (Fsp3) is 0.100. The number of rotatable bonds is 4. The molecule has 0 spiro atoms. The molecule has 1 saturated heterocycles. The first kappa shape index (κ1) is 20.5. The number of nitrogens with zero attached hydrogens (tertiary/aromatic N) is 4. The lowest BCUT2D eigenvalue weighted by Gasteiger charge is -2.20. The highest BCUT2D eigenvalue weighted by Gasteiger charge is 2.34. The van der Waals surface area contributed by atoms with Gasteiger partial charge in [0.2, 0.25) is 11.1 Å². The number of thioether (sulfide) groups is 1. The van der Waals surface area contributed by atoms with Crippen molar-refractivity contribution in [3.05, 3.63) is 75.6 Å². The summed E-state index contributed by atoms with van der Waals surface area (Å²) in [6, 6.07) is 10.7. The Kier molecular flexibility index (Phi) is 5.59. The van der Waals surface area contributed by atoms with Crippen molar-refractivity contribution in [2.75, 3.05) is 5.01 Å². The number of amides is 1. The SMILES string of the molecule is Cc1ccc(C)n1N1C(=O)/C(=C\c2cccc(Oc3nc(Cl)ncc3F)c2)SC1=S. The van der Waals surface area contributed by atoms with E-state index in [1.54, 1.807) is 35.0 Å². The van der Waals surface area contributed by atoms with E-state index >= 15 is 0 Å². The number of hydrogen-bond donors (Lipinski definition) is 0. The summed E-state index contributed by atoms with van der Waals surface area (Å²) in [4.78, 5) is 20.8. The van der Waals surface area contributed by atoms with Crippen LogP contribution in [0.25, 0.3) is 6.08 Å². The van der Waals surface area contributed by atoms with Crippen molar-refractivity contribution >= 4 is 51.9 Å². The van der Waals surface area contributed by atoms with Crippen LogP contribution in [-0.4, -0.2) is 24.9 Å². The van der Waals surface area contributed by atoms with Crippen LogP contribution in [0.4, 0.5) is 4.39 Å². The van der Waals surface area contributed by atoms with Gasteiger partial charge in [-0.2, -0.15) is 14.4 Å². The van der Waals surface area contributed by atoms with E-state index in [1.165, 1.54) is 16.8 Å². The van der Waals surface area contributed by atoms with E-state index < -0.39 is 5.82 Å². The van der Waals surface area contributed by atoms with Crippen LogP contribution in [-0.2, 0) is 4.79 Å². The number of hydrogen-bond acceptors (Lipinski definition) is 6. The number of aryl methyl sites for hydroxylation is 2. The van der Waals surface area contributed by atoms with Crippen LogP contribution in [0.1, 0.15) is 17.0 Å². The largest absolute Gasteiger partial charge is 0.436 e. The second-order valence-electron chi connectivity index (χ2n) is 6.39. The smallest absolute Gasteiger partial charge is 0.285 e. The summed E-state index contributed by atoms with van der Waals surface area (Å²) in [5, 5.41) is 1.36. The quantitative estimate of drug-likeness (QED) is 0.309. The molecule has 1 aliphatic heterocycles. The van der Waals surface area contributed by atoms with E-state index in [4.69, 9.17) is 28.6 Å². The van der Waals surface area contributed by atoms with Crippen molar-refractivity contribution in [2.45, 2.75) is 13.8 Å². The third-order valence-corrected chi connectivity index (χ3v) is 5.73. The summed E-state index contributed by atoms with van der Waals surface area (Å²) in [5.41, 5.74) is 2.51. The lowest BCUT2D eigenvalue weighted by atomic mass is 10.2. The third-order valence-electron chi connectivity index (χ3n) is 4.26. The highest BCUT2D eigenvalue weighted by molar-refractivity contribution is 8.27. The predicted octanol–water partition coefficient (Wildman–Crippen LogP) is 5.02. The second-order valence-corrected chi connectivity index (χ2v) is 8.40. The Bertz CT molecular complexity index is 1190. The molecule has 1 amide bonds. The summed E-state index contributed by atoms with van der Waals surface area (Å²) in [6.45, 7) is 3.82. The van der Waals surface area contributed by atoms with Crippen LogP contribution in [0.5, 0.6) is 11.6 Å². The van der Waals surface area contributed by atoms with E-state index in [0.29, 0.717) is 20.5 Å². The molecule has 0 bridgehead atoms. The van der Waals surface area contributed by atoms with Crippen LogP contribution < -0.4 is 9.75 Å². The molecular formula is C20H14ClFN4O2S2. The monoisotopic (exact) mass is 460 g/mol.